The first-order chi connectivity index (χ1) is 9.69. The van der Waals surface area contributed by atoms with Crippen molar-refractivity contribution in [1.29, 1.82) is 0 Å². The van der Waals surface area contributed by atoms with Crippen LogP contribution in [0.25, 0.3) is 0 Å². The molecule has 0 heterocycles. The molecule has 0 aromatic heterocycles. The number of phenols is 1. The number of methoxy groups -OCH3 is 1. The standard InChI is InChI=1S/C17H16O3/c1-20-17(11-10-12-6-2-4-8-14(12)17)16(19)13-7-3-5-9-15(13)18/h2-9,18H,10-11H2,1H3. The summed E-state index contributed by atoms with van der Waals surface area (Å²) < 4.78 is 5.64. The van der Waals surface area contributed by atoms with Gasteiger partial charge >= 0.3 is 0 Å². The molecule has 102 valence electrons. The second kappa shape index (κ2) is 4.76. The summed E-state index contributed by atoms with van der Waals surface area (Å²) >= 11 is 0. The van der Waals surface area contributed by atoms with Gasteiger partial charge in [0.1, 0.15) is 5.75 Å². The number of ketones is 1. The fraction of sp³-hybridized carbons (Fsp3) is 0.235. The lowest BCUT2D eigenvalue weighted by atomic mass is 9.86. The number of aromatic hydroxyl groups is 1. The summed E-state index contributed by atoms with van der Waals surface area (Å²) in [7, 11) is 1.56. The van der Waals surface area contributed by atoms with Crippen molar-refractivity contribution in [3.63, 3.8) is 0 Å². The van der Waals surface area contributed by atoms with Gasteiger partial charge in [0.2, 0.25) is 5.78 Å². The van der Waals surface area contributed by atoms with Crippen LogP contribution in [0.2, 0.25) is 0 Å². The van der Waals surface area contributed by atoms with Crippen molar-refractivity contribution >= 4 is 5.78 Å². The van der Waals surface area contributed by atoms with Gasteiger partial charge < -0.3 is 9.84 Å². The maximum absolute atomic E-state index is 12.9. The van der Waals surface area contributed by atoms with Crippen molar-refractivity contribution in [2.75, 3.05) is 7.11 Å². The lowest BCUT2D eigenvalue weighted by molar-refractivity contribution is -0.000110. The minimum Gasteiger partial charge on any atom is -0.507 e. The van der Waals surface area contributed by atoms with Gasteiger partial charge in [0.25, 0.3) is 0 Å². The van der Waals surface area contributed by atoms with Crippen LogP contribution in [0.3, 0.4) is 0 Å². The fourth-order valence-corrected chi connectivity index (χ4v) is 3.00. The number of para-hydroxylation sites is 1. The predicted molar refractivity (Wildman–Crippen MR) is 75.9 cm³/mol. The molecule has 2 aromatic carbocycles. The van der Waals surface area contributed by atoms with Gasteiger partial charge in [0.15, 0.2) is 5.60 Å². The van der Waals surface area contributed by atoms with Crippen molar-refractivity contribution < 1.29 is 14.6 Å². The van der Waals surface area contributed by atoms with Crippen molar-refractivity contribution in [2.45, 2.75) is 18.4 Å². The molecule has 0 bridgehead atoms. The molecule has 0 amide bonds. The molecule has 1 aliphatic rings. The molecule has 1 atom stereocenters. The molecule has 2 aromatic rings. The number of hydrogen-bond acceptors (Lipinski definition) is 3. The molecule has 1 unspecified atom stereocenters. The minimum atomic E-state index is -0.977. The van der Waals surface area contributed by atoms with E-state index in [1.54, 1.807) is 25.3 Å². The van der Waals surface area contributed by atoms with E-state index >= 15 is 0 Å². The summed E-state index contributed by atoms with van der Waals surface area (Å²) in [6.07, 6.45) is 1.42. The van der Waals surface area contributed by atoms with E-state index in [4.69, 9.17) is 4.74 Å². The van der Waals surface area contributed by atoms with Crippen LogP contribution in [0.1, 0.15) is 27.9 Å². The van der Waals surface area contributed by atoms with Gasteiger partial charge in [-0.1, -0.05) is 36.4 Å². The van der Waals surface area contributed by atoms with Crippen LogP contribution in [0.15, 0.2) is 48.5 Å². The number of carbonyl (C=O) groups is 1. The van der Waals surface area contributed by atoms with Crippen LogP contribution in [0.4, 0.5) is 0 Å². The Kier molecular flexibility index (Phi) is 3.07. The highest BCUT2D eigenvalue weighted by molar-refractivity contribution is 6.05. The van der Waals surface area contributed by atoms with Crippen LogP contribution in [-0.2, 0) is 16.8 Å². The van der Waals surface area contributed by atoms with E-state index in [-0.39, 0.29) is 11.5 Å². The Bertz CT molecular complexity index is 663. The van der Waals surface area contributed by atoms with Crippen molar-refractivity contribution in [2.24, 2.45) is 0 Å². The Labute approximate surface area is 117 Å². The van der Waals surface area contributed by atoms with Crippen LogP contribution in [0, 0.1) is 0 Å². The second-order valence-electron chi connectivity index (χ2n) is 5.03. The van der Waals surface area contributed by atoms with Gasteiger partial charge in [-0.15, -0.1) is 0 Å². The maximum Gasteiger partial charge on any atom is 0.202 e. The molecule has 3 rings (SSSR count). The van der Waals surface area contributed by atoms with Gasteiger partial charge in [-0.25, -0.2) is 0 Å². The zero-order valence-electron chi connectivity index (χ0n) is 11.3. The van der Waals surface area contributed by atoms with Gasteiger partial charge in [0.05, 0.1) is 5.56 Å². The third kappa shape index (κ3) is 1.74. The first-order valence-electron chi connectivity index (χ1n) is 6.65. The molecule has 0 spiro atoms. The molecule has 3 heteroatoms. The summed E-state index contributed by atoms with van der Waals surface area (Å²) in [6, 6.07) is 14.4. The molecule has 20 heavy (non-hydrogen) atoms. The van der Waals surface area contributed by atoms with E-state index < -0.39 is 5.60 Å². The van der Waals surface area contributed by atoms with Gasteiger partial charge in [-0.3, -0.25) is 4.79 Å². The average molecular weight is 268 g/mol. The molecule has 0 radical (unpaired) electrons. The van der Waals surface area contributed by atoms with E-state index in [9.17, 15) is 9.90 Å². The molecule has 1 aliphatic carbocycles. The molecule has 0 saturated carbocycles. The van der Waals surface area contributed by atoms with Crippen LogP contribution in [-0.4, -0.2) is 18.0 Å². The Morgan fingerprint density at radius 2 is 1.85 bits per heavy atom. The van der Waals surface area contributed by atoms with E-state index in [1.807, 2.05) is 24.3 Å². The smallest absolute Gasteiger partial charge is 0.202 e. The highest BCUT2D eigenvalue weighted by atomic mass is 16.5. The lowest BCUT2D eigenvalue weighted by Gasteiger charge is -2.27. The Balaban J connectivity index is 2.12. The number of carbonyl (C=O) groups excluding carboxylic acids is 1. The molecule has 1 N–H and O–H groups in total. The molecular formula is C17H16O3. The monoisotopic (exact) mass is 268 g/mol. The number of aryl methyl sites for hydroxylation is 1. The summed E-state index contributed by atoms with van der Waals surface area (Å²) in [5, 5.41) is 9.92. The van der Waals surface area contributed by atoms with Gasteiger partial charge in [-0.2, -0.15) is 0 Å². The number of benzene rings is 2. The summed E-state index contributed by atoms with van der Waals surface area (Å²) in [4.78, 5) is 12.9. The average Bonchev–Trinajstić information content (AvgIpc) is 2.87. The SMILES string of the molecule is COC1(C(=O)c2ccccc2O)CCc2ccccc21. The number of ether oxygens (including phenoxy) is 1. The Hall–Kier alpha value is -2.13. The molecule has 3 nitrogen and oxygen atoms in total. The molecule has 0 saturated heterocycles. The van der Waals surface area contributed by atoms with E-state index in [0.29, 0.717) is 12.0 Å². The molecule has 0 aliphatic heterocycles. The summed E-state index contributed by atoms with van der Waals surface area (Å²) in [5.41, 5.74) is 1.38. The first kappa shape index (κ1) is 12.9. The zero-order chi connectivity index (χ0) is 14.2. The topological polar surface area (TPSA) is 46.5 Å². The number of hydrogen-bond donors (Lipinski definition) is 1. The Morgan fingerprint density at radius 3 is 2.60 bits per heavy atom. The predicted octanol–water partition coefficient (Wildman–Crippen LogP) is 3.06. The number of fused-ring (bicyclic) bond motifs is 1. The van der Waals surface area contributed by atoms with Crippen molar-refractivity contribution in [3.8, 4) is 5.75 Å². The van der Waals surface area contributed by atoms with Crippen molar-refractivity contribution in [3.05, 3.63) is 65.2 Å². The second-order valence-corrected chi connectivity index (χ2v) is 5.03. The van der Waals surface area contributed by atoms with Crippen LogP contribution >= 0.6 is 0 Å². The van der Waals surface area contributed by atoms with Crippen LogP contribution in [0.5, 0.6) is 5.75 Å². The molecule has 0 fully saturated rings. The first-order valence-corrected chi connectivity index (χ1v) is 6.65. The zero-order valence-corrected chi connectivity index (χ0v) is 11.3. The highest BCUT2D eigenvalue weighted by Crippen LogP contribution is 2.42. The lowest BCUT2D eigenvalue weighted by Crippen LogP contribution is -2.35. The van der Waals surface area contributed by atoms with Crippen molar-refractivity contribution in [1.82, 2.24) is 0 Å². The quantitative estimate of drug-likeness (QED) is 0.870. The maximum atomic E-state index is 12.9. The highest BCUT2D eigenvalue weighted by Gasteiger charge is 2.46. The number of rotatable bonds is 3. The largest absolute Gasteiger partial charge is 0.507 e. The van der Waals surface area contributed by atoms with E-state index in [0.717, 1.165) is 17.5 Å². The summed E-state index contributed by atoms with van der Waals surface area (Å²) in [5.74, 6) is -0.179. The van der Waals surface area contributed by atoms with E-state index in [2.05, 4.69) is 0 Å². The fourth-order valence-electron chi connectivity index (χ4n) is 3.00. The number of phenolic OH excluding ortho intramolecular Hbond substituents is 1. The third-order valence-corrected chi connectivity index (χ3v) is 4.06. The third-order valence-electron chi connectivity index (χ3n) is 4.06. The normalized spacial score (nSPS) is 20.6. The van der Waals surface area contributed by atoms with E-state index in [1.165, 1.54) is 6.07 Å². The summed E-state index contributed by atoms with van der Waals surface area (Å²) in [6.45, 7) is 0. The van der Waals surface area contributed by atoms with Gasteiger partial charge in [-0.05, 0) is 36.1 Å². The number of Topliss-reactive ketones (excluding diaryl/α,β-unsaturated/α-hetero) is 1. The Morgan fingerprint density at radius 1 is 1.15 bits per heavy atom. The minimum absolute atomic E-state index is 0.00157. The van der Waals surface area contributed by atoms with Gasteiger partial charge in [0, 0.05) is 7.11 Å². The molecular weight excluding hydrogens is 252 g/mol. The van der Waals surface area contributed by atoms with Crippen LogP contribution < -0.4 is 0 Å².